The van der Waals surface area contributed by atoms with Gasteiger partial charge in [-0.3, -0.25) is 0 Å². The van der Waals surface area contributed by atoms with Crippen LogP contribution < -0.4 is 5.32 Å². The average molecular weight is 259 g/mol. The summed E-state index contributed by atoms with van der Waals surface area (Å²) in [7, 11) is 0. The van der Waals surface area contributed by atoms with E-state index >= 15 is 0 Å². The van der Waals surface area contributed by atoms with Gasteiger partial charge in [-0.25, -0.2) is 9.59 Å². The predicted molar refractivity (Wildman–Crippen MR) is 69.5 cm³/mol. The highest BCUT2D eigenvalue weighted by molar-refractivity contribution is 5.79. The second-order valence-corrected chi connectivity index (χ2v) is 4.86. The summed E-state index contributed by atoms with van der Waals surface area (Å²) in [5.74, 6) is -0.817. The number of ether oxygens (including phenoxy) is 1. The summed E-state index contributed by atoms with van der Waals surface area (Å²) >= 11 is 0. The van der Waals surface area contributed by atoms with E-state index in [4.69, 9.17) is 9.84 Å². The number of nitrogens with one attached hydrogen (secondary N) is 1. The van der Waals surface area contributed by atoms with Crippen LogP contribution in [0.4, 0.5) is 4.79 Å². The van der Waals surface area contributed by atoms with Gasteiger partial charge in [-0.2, -0.15) is 0 Å². The first-order valence-electron chi connectivity index (χ1n) is 6.63. The first-order chi connectivity index (χ1) is 8.47. The quantitative estimate of drug-likeness (QED) is 0.624. The van der Waals surface area contributed by atoms with Crippen molar-refractivity contribution in [2.45, 2.75) is 58.9 Å². The van der Waals surface area contributed by atoms with E-state index in [1.54, 1.807) is 0 Å². The maximum atomic E-state index is 11.4. The van der Waals surface area contributed by atoms with Crippen molar-refractivity contribution in [2.24, 2.45) is 5.92 Å². The van der Waals surface area contributed by atoms with Gasteiger partial charge in [0.05, 0.1) is 6.61 Å². The van der Waals surface area contributed by atoms with Gasteiger partial charge < -0.3 is 15.2 Å². The molecule has 0 aliphatic heterocycles. The Hall–Kier alpha value is -1.26. The van der Waals surface area contributed by atoms with Crippen LogP contribution in [-0.2, 0) is 9.53 Å². The lowest BCUT2D eigenvalue weighted by molar-refractivity contribution is -0.139. The lowest BCUT2D eigenvalue weighted by Crippen LogP contribution is -2.42. The summed E-state index contributed by atoms with van der Waals surface area (Å²) in [6.45, 7) is 6.28. The van der Waals surface area contributed by atoms with Crippen LogP contribution in [0.1, 0.15) is 52.9 Å². The van der Waals surface area contributed by atoms with E-state index < -0.39 is 18.1 Å². The molecule has 0 spiro atoms. The highest BCUT2D eigenvalue weighted by atomic mass is 16.5. The third-order valence-electron chi connectivity index (χ3n) is 2.53. The lowest BCUT2D eigenvalue weighted by Gasteiger charge is -2.16. The number of rotatable bonds is 9. The fourth-order valence-corrected chi connectivity index (χ4v) is 1.57. The Morgan fingerprint density at radius 3 is 2.39 bits per heavy atom. The number of carboxylic acid groups (broad SMARTS) is 1. The van der Waals surface area contributed by atoms with Gasteiger partial charge in [0, 0.05) is 0 Å². The number of hydrogen-bond donors (Lipinski definition) is 2. The standard InChI is InChI=1S/C13H25NO4/c1-4-5-6-7-8-18-13(17)14-11(12(15)16)9-10(2)3/h10-11H,4-9H2,1-3H3,(H,14,17)(H,15,16). The van der Waals surface area contributed by atoms with Crippen molar-refractivity contribution in [1.29, 1.82) is 0 Å². The number of amides is 1. The third kappa shape index (κ3) is 8.84. The highest BCUT2D eigenvalue weighted by Gasteiger charge is 2.21. The molecule has 1 amide bonds. The molecule has 0 bridgehead atoms. The molecular weight excluding hydrogens is 234 g/mol. The molecule has 2 N–H and O–H groups in total. The normalized spacial score (nSPS) is 12.2. The maximum Gasteiger partial charge on any atom is 0.407 e. The molecule has 1 unspecified atom stereocenters. The number of unbranched alkanes of at least 4 members (excludes halogenated alkanes) is 3. The summed E-state index contributed by atoms with van der Waals surface area (Å²) < 4.78 is 4.94. The predicted octanol–water partition coefficient (Wildman–Crippen LogP) is 2.79. The number of carboxylic acids is 1. The molecule has 0 saturated carbocycles. The van der Waals surface area contributed by atoms with Crippen molar-refractivity contribution in [2.75, 3.05) is 6.61 Å². The van der Waals surface area contributed by atoms with Gasteiger partial charge in [0.1, 0.15) is 6.04 Å². The number of alkyl carbamates (subject to hydrolysis) is 1. The van der Waals surface area contributed by atoms with Crippen molar-refractivity contribution in [3.8, 4) is 0 Å². The fourth-order valence-electron chi connectivity index (χ4n) is 1.57. The molecule has 0 rings (SSSR count). The van der Waals surface area contributed by atoms with E-state index in [1.165, 1.54) is 0 Å². The largest absolute Gasteiger partial charge is 0.480 e. The second-order valence-electron chi connectivity index (χ2n) is 4.86. The van der Waals surface area contributed by atoms with Gasteiger partial charge in [-0.1, -0.05) is 40.0 Å². The van der Waals surface area contributed by atoms with Gasteiger partial charge in [-0.15, -0.1) is 0 Å². The van der Waals surface area contributed by atoms with E-state index in [0.29, 0.717) is 13.0 Å². The van der Waals surface area contributed by atoms with Gasteiger partial charge in [0.2, 0.25) is 0 Å². The van der Waals surface area contributed by atoms with E-state index in [2.05, 4.69) is 12.2 Å². The van der Waals surface area contributed by atoms with Crippen LogP contribution >= 0.6 is 0 Å². The number of carbonyl (C=O) groups excluding carboxylic acids is 1. The Kier molecular flexibility index (Phi) is 9.06. The van der Waals surface area contributed by atoms with Crippen molar-refractivity contribution in [1.82, 2.24) is 5.32 Å². The van der Waals surface area contributed by atoms with Crippen LogP contribution in [-0.4, -0.2) is 29.8 Å². The Bertz CT molecular complexity index is 253. The summed E-state index contributed by atoms with van der Waals surface area (Å²) in [6, 6.07) is -0.867. The summed E-state index contributed by atoms with van der Waals surface area (Å²) in [4.78, 5) is 22.3. The SMILES string of the molecule is CCCCCCOC(=O)NC(CC(C)C)C(=O)O. The molecule has 0 aromatic rings. The molecule has 1 atom stereocenters. The smallest absolute Gasteiger partial charge is 0.407 e. The molecule has 0 aliphatic rings. The van der Waals surface area contributed by atoms with Crippen LogP contribution in [0.3, 0.4) is 0 Å². The van der Waals surface area contributed by atoms with Gasteiger partial charge in [-0.05, 0) is 18.8 Å². The van der Waals surface area contributed by atoms with Gasteiger partial charge in [0.15, 0.2) is 0 Å². The Morgan fingerprint density at radius 2 is 1.89 bits per heavy atom. The van der Waals surface area contributed by atoms with Crippen molar-refractivity contribution >= 4 is 12.1 Å². The zero-order valence-corrected chi connectivity index (χ0v) is 11.6. The Balaban J connectivity index is 3.85. The highest BCUT2D eigenvalue weighted by Crippen LogP contribution is 2.05. The maximum absolute atomic E-state index is 11.4. The molecule has 5 nitrogen and oxygen atoms in total. The summed E-state index contributed by atoms with van der Waals surface area (Å²) in [5.41, 5.74) is 0. The minimum atomic E-state index is -1.02. The molecule has 0 saturated heterocycles. The Labute approximate surface area is 109 Å². The molecular formula is C13H25NO4. The van der Waals surface area contributed by atoms with Crippen molar-refractivity contribution in [3.05, 3.63) is 0 Å². The number of aliphatic carboxylic acids is 1. The molecule has 0 aliphatic carbocycles. The summed E-state index contributed by atoms with van der Waals surface area (Å²) in [6.07, 6.45) is 3.86. The molecule has 0 aromatic carbocycles. The van der Waals surface area contributed by atoms with Crippen LogP contribution in [0.5, 0.6) is 0 Å². The van der Waals surface area contributed by atoms with Gasteiger partial charge >= 0.3 is 12.1 Å². The van der Waals surface area contributed by atoms with E-state index in [0.717, 1.165) is 25.7 Å². The molecule has 0 aromatic heterocycles. The Morgan fingerprint density at radius 1 is 1.22 bits per heavy atom. The minimum Gasteiger partial charge on any atom is -0.480 e. The van der Waals surface area contributed by atoms with Crippen LogP contribution in [0.2, 0.25) is 0 Å². The van der Waals surface area contributed by atoms with Crippen LogP contribution in [0.25, 0.3) is 0 Å². The molecule has 106 valence electrons. The molecule has 0 heterocycles. The first-order valence-corrected chi connectivity index (χ1v) is 6.63. The van der Waals surface area contributed by atoms with Crippen LogP contribution in [0.15, 0.2) is 0 Å². The number of hydrogen-bond acceptors (Lipinski definition) is 3. The minimum absolute atomic E-state index is 0.205. The monoisotopic (exact) mass is 259 g/mol. The topological polar surface area (TPSA) is 75.6 Å². The van der Waals surface area contributed by atoms with Crippen molar-refractivity contribution < 1.29 is 19.4 Å². The van der Waals surface area contributed by atoms with Crippen molar-refractivity contribution in [3.63, 3.8) is 0 Å². The second kappa shape index (κ2) is 9.74. The zero-order valence-electron chi connectivity index (χ0n) is 11.6. The fraction of sp³-hybridized carbons (Fsp3) is 0.846. The van der Waals surface area contributed by atoms with E-state index in [1.807, 2.05) is 13.8 Å². The zero-order chi connectivity index (χ0) is 14.0. The van der Waals surface area contributed by atoms with E-state index in [-0.39, 0.29) is 5.92 Å². The average Bonchev–Trinajstić information content (AvgIpc) is 2.27. The number of carbonyl (C=O) groups is 2. The van der Waals surface area contributed by atoms with E-state index in [9.17, 15) is 9.59 Å². The lowest BCUT2D eigenvalue weighted by atomic mass is 10.0. The summed E-state index contributed by atoms with van der Waals surface area (Å²) in [5, 5.41) is 11.3. The van der Waals surface area contributed by atoms with Crippen LogP contribution in [0, 0.1) is 5.92 Å². The third-order valence-corrected chi connectivity index (χ3v) is 2.53. The van der Waals surface area contributed by atoms with Gasteiger partial charge in [0.25, 0.3) is 0 Å². The molecule has 5 heteroatoms. The molecule has 18 heavy (non-hydrogen) atoms. The molecule has 0 radical (unpaired) electrons. The molecule has 0 fully saturated rings. The first kappa shape index (κ1) is 16.7.